The summed E-state index contributed by atoms with van der Waals surface area (Å²) in [5.41, 5.74) is 10.2. The zero-order valence-corrected chi connectivity index (χ0v) is 35.5. The van der Waals surface area contributed by atoms with Crippen LogP contribution in [0, 0.1) is 39.3 Å². The fourth-order valence-corrected chi connectivity index (χ4v) is 6.98. The molecule has 2 aliphatic carbocycles. The quantitative estimate of drug-likeness (QED) is 0.0957. The molecule has 324 valence electrons. The lowest BCUT2D eigenvalue weighted by atomic mass is 10.1. The minimum absolute atomic E-state index is 0.0582. The molecule has 16 nitrogen and oxygen atoms in total. The molecule has 8 heterocycles. The fraction of sp³-hybridized carbons (Fsp3) is 0.261. The molecule has 10 rings (SSSR count). The summed E-state index contributed by atoms with van der Waals surface area (Å²) in [5.74, 6) is -0.982. The van der Waals surface area contributed by atoms with E-state index < -0.39 is 11.6 Å². The molecule has 64 heavy (non-hydrogen) atoms. The van der Waals surface area contributed by atoms with E-state index in [1.165, 1.54) is 12.1 Å². The maximum atomic E-state index is 14.4. The Hall–Kier alpha value is -7.76. The lowest BCUT2D eigenvalue weighted by Gasteiger charge is -2.14. The number of nitrogens with zero attached hydrogens (tertiary/aromatic N) is 10. The highest BCUT2D eigenvalue weighted by Gasteiger charge is 2.25. The summed E-state index contributed by atoms with van der Waals surface area (Å²) in [4.78, 5) is 50.5. The second kappa shape index (κ2) is 17.5. The van der Waals surface area contributed by atoms with Crippen molar-refractivity contribution in [2.24, 2.45) is 0 Å². The van der Waals surface area contributed by atoms with Crippen molar-refractivity contribution in [3.05, 3.63) is 120 Å². The maximum absolute atomic E-state index is 14.4. The molecule has 0 spiro atoms. The van der Waals surface area contributed by atoms with Crippen LogP contribution in [0.1, 0.15) is 48.2 Å². The van der Waals surface area contributed by atoms with Gasteiger partial charge in [-0.25, -0.2) is 18.7 Å². The second-order valence-corrected chi connectivity index (χ2v) is 16.1. The summed E-state index contributed by atoms with van der Waals surface area (Å²) in [7, 11) is 0. The van der Waals surface area contributed by atoms with Crippen LogP contribution in [0.4, 0.5) is 31.5 Å². The van der Waals surface area contributed by atoms with Gasteiger partial charge in [-0.1, -0.05) is 0 Å². The number of aryl methyl sites for hydroxylation is 4. The number of halogens is 2. The number of fused-ring (bicyclic) bond motifs is 2. The SMILES string of the molecule is Cc1ccc(F)c(-c2cc(Nc3ccnc4cn(CC(=O)NC5CC5)nc34)c(C)cn2)n1.Cc1ccc(F)c(-c2cc(Nc3ccnc4cnn(CC(=O)NC5CC5)c34)c(C)cn2)n1. The number of carbonyl (C=O) groups excluding carboxylic acids is 2. The fourth-order valence-electron chi connectivity index (χ4n) is 6.98. The standard InChI is InChI=1S/2C23H22FN7O/c1-13-10-26-19(22-16(24)6-3-14(2)27-22)9-18(13)29-17-7-8-25-20-11-31(30-23(17)20)12-21(32)28-15-4-5-15;1-13-10-26-19(22-16(24)6-3-14(2)28-22)9-18(13)30-17-7-8-25-20-11-27-31(23(17)20)12-21(32)29-15-4-5-15/h3,6-11,15H,4-5,12H2,1-2H3,(H,26,29)(H,28,32);3,6-11,15H,4-5,12H2,1-2H3,(H,29,32)(H,25,26,30). The number of aromatic nitrogens is 10. The van der Waals surface area contributed by atoms with Gasteiger partial charge in [0.15, 0.2) is 11.6 Å². The molecule has 0 aliphatic heterocycles. The van der Waals surface area contributed by atoms with Crippen molar-refractivity contribution >= 4 is 56.6 Å². The normalized spacial score (nSPS) is 13.3. The molecule has 2 saturated carbocycles. The molecule has 18 heteroatoms. The lowest BCUT2D eigenvalue weighted by Crippen LogP contribution is -2.29. The van der Waals surface area contributed by atoms with Crippen LogP contribution < -0.4 is 21.3 Å². The van der Waals surface area contributed by atoms with Gasteiger partial charge >= 0.3 is 0 Å². The molecule has 0 radical (unpaired) electrons. The van der Waals surface area contributed by atoms with Crippen molar-refractivity contribution < 1.29 is 18.4 Å². The molecule has 2 fully saturated rings. The third-order valence-corrected chi connectivity index (χ3v) is 10.7. The first-order valence-corrected chi connectivity index (χ1v) is 20.9. The Morgan fingerprint density at radius 1 is 0.641 bits per heavy atom. The Kier molecular flexibility index (Phi) is 11.4. The topological polar surface area (TPSA) is 195 Å². The Labute approximate surface area is 366 Å². The zero-order chi connectivity index (χ0) is 44.5. The van der Waals surface area contributed by atoms with Crippen molar-refractivity contribution in [2.45, 2.75) is 78.6 Å². The first kappa shape index (κ1) is 41.6. The Bertz CT molecular complexity index is 3060. The number of anilines is 4. The summed E-state index contributed by atoms with van der Waals surface area (Å²) in [6.45, 7) is 7.70. The smallest absolute Gasteiger partial charge is 0.241 e. The van der Waals surface area contributed by atoms with E-state index in [0.29, 0.717) is 45.4 Å². The van der Waals surface area contributed by atoms with Gasteiger partial charge < -0.3 is 21.3 Å². The minimum atomic E-state index is -0.427. The van der Waals surface area contributed by atoms with Crippen LogP contribution in [-0.2, 0) is 22.7 Å². The molecule has 0 atom stereocenters. The summed E-state index contributed by atoms with van der Waals surface area (Å²) in [6, 6.07) is 13.8. The van der Waals surface area contributed by atoms with E-state index in [1.54, 1.807) is 70.8 Å². The van der Waals surface area contributed by atoms with E-state index in [1.807, 2.05) is 39.8 Å². The van der Waals surface area contributed by atoms with E-state index >= 15 is 0 Å². The molecule has 2 aliphatic rings. The largest absolute Gasteiger partial charge is 0.353 e. The molecule has 0 saturated heterocycles. The first-order chi connectivity index (χ1) is 30.9. The number of rotatable bonds is 12. The van der Waals surface area contributed by atoms with Gasteiger partial charge in [0.2, 0.25) is 11.8 Å². The number of amides is 2. The predicted molar refractivity (Wildman–Crippen MR) is 238 cm³/mol. The van der Waals surface area contributed by atoms with Crippen molar-refractivity contribution in [3.63, 3.8) is 0 Å². The van der Waals surface area contributed by atoms with Gasteiger partial charge in [-0.15, -0.1) is 0 Å². The van der Waals surface area contributed by atoms with Crippen LogP contribution in [0.2, 0.25) is 0 Å². The average Bonchev–Trinajstić information content (AvgIpc) is 4.19. The number of hydrogen-bond acceptors (Lipinski definition) is 12. The lowest BCUT2D eigenvalue weighted by molar-refractivity contribution is -0.122. The van der Waals surface area contributed by atoms with E-state index in [0.717, 1.165) is 65.1 Å². The highest BCUT2D eigenvalue weighted by molar-refractivity contribution is 5.92. The molecule has 0 unspecified atom stereocenters. The second-order valence-electron chi connectivity index (χ2n) is 16.1. The monoisotopic (exact) mass is 862 g/mol. The minimum Gasteiger partial charge on any atom is -0.353 e. The van der Waals surface area contributed by atoms with Crippen LogP contribution >= 0.6 is 0 Å². The van der Waals surface area contributed by atoms with Gasteiger partial charge in [-0.2, -0.15) is 10.2 Å². The highest BCUT2D eigenvalue weighted by Crippen LogP contribution is 2.32. The van der Waals surface area contributed by atoms with E-state index in [2.05, 4.69) is 61.4 Å². The van der Waals surface area contributed by atoms with Crippen LogP contribution in [0.15, 0.2) is 85.7 Å². The van der Waals surface area contributed by atoms with Crippen LogP contribution in [0.25, 0.3) is 44.8 Å². The summed E-state index contributed by atoms with van der Waals surface area (Å²) in [5, 5.41) is 21.6. The molecule has 8 aromatic heterocycles. The predicted octanol–water partition coefficient (Wildman–Crippen LogP) is 7.33. The van der Waals surface area contributed by atoms with Gasteiger partial charge in [0.1, 0.15) is 46.5 Å². The highest BCUT2D eigenvalue weighted by atomic mass is 19.1. The van der Waals surface area contributed by atoms with Gasteiger partial charge in [-0.3, -0.25) is 38.9 Å². The Balaban J connectivity index is 0.000000162. The van der Waals surface area contributed by atoms with Crippen molar-refractivity contribution in [3.8, 4) is 22.8 Å². The number of carbonyl (C=O) groups is 2. The van der Waals surface area contributed by atoms with Crippen molar-refractivity contribution in [2.75, 3.05) is 10.6 Å². The van der Waals surface area contributed by atoms with Gasteiger partial charge in [0.05, 0.1) is 35.2 Å². The molecule has 2 amide bonds. The van der Waals surface area contributed by atoms with Gasteiger partial charge in [-0.05, 0) is 113 Å². The third-order valence-electron chi connectivity index (χ3n) is 10.7. The summed E-state index contributed by atoms with van der Waals surface area (Å²) < 4.78 is 31.9. The molecule has 0 aromatic carbocycles. The van der Waals surface area contributed by atoms with Crippen LogP contribution in [0.3, 0.4) is 0 Å². The van der Waals surface area contributed by atoms with Crippen LogP contribution in [-0.4, -0.2) is 73.4 Å². The summed E-state index contributed by atoms with van der Waals surface area (Å²) in [6.07, 6.45) is 14.3. The average molecular weight is 863 g/mol. The molecular weight excluding hydrogens is 819 g/mol. The van der Waals surface area contributed by atoms with E-state index in [9.17, 15) is 18.4 Å². The van der Waals surface area contributed by atoms with Crippen LogP contribution in [0.5, 0.6) is 0 Å². The van der Waals surface area contributed by atoms with Crippen molar-refractivity contribution in [1.82, 2.24) is 60.1 Å². The zero-order valence-electron chi connectivity index (χ0n) is 35.5. The molecule has 4 N–H and O–H groups in total. The van der Waals surface area contributed by atoms with E-state index in [4.69, 9.17) is 0 Å². The van der Waals surface area contributed by atoms with Gasteiger partial charge in [0, 0.05) is 59.6 Å². The number of hydrogen-bond donors (Lipinski definition) is 4. The first-order valence-electron chi connectivity index (χ1n) is 20.9. The third kappa shape index (κ3) is 9.50. The molecule has 0 bridgehead atoms. The Morgan fingerprint density at radius 2 is 1.17 bits per heavy atom. The Morgan fingerprint density at radius 3 is 1.75 bits per heavy atom. The summed E-state index contributed by atoms with van der Waals surface area (Å²) >= 11 is 0. The maximum Gasteiger partial charge on any atom is 0.241 e. The van der Waals surface area contributed by atoms with E-state index in [-0.39, 0.29) is 42.3 Å². The molecular formula is C46H44F2N14O2. The number of pyridine rings is 6. The number of nitrogens with one attached hydrogen (secondary N) is 4. The van der Waals surface area contributed by atoms with Crippen molar-refractivity contribution in [1.29, 1.82) is 0 Å². The van der Waals surface area contributed by atoms with Gasteiger partial charge in [0.25, 0.3) is 0 Å². The molecule has 8 aromatic rings.